The highest BCUT2D eigenvalue weighted by molar-refractivity contribution is 6.96. The summed E-state index contributed by atoms with van der Waals surface area (Å²) in [5.74, 6) is 0. The van der Waals surface area contributed by atoms with Crippen molar-refractivity contribution in [3.8, 4) is 0 Å². The molecule has 0 atom stereocenters. The molecule has 0 aliphatic heterocycles. The highest BCUT2D eigenvalue weighted by atomic mass is 28.5. The van der Waals surface area contributed by atoms with E-state index in [9.17, 15) is 0 Å². The average molecular weight is 2530 g/mol. The maximum atomic E-state index is 8.34. The second-order valence-electron chi connectivity index (χ2n) is 57.3. The fourth-order valence-corrected chi connectivity index (χ4v) is 130. The Bertz CT molecular complexity index is 3290. The van der Waals surface area contributed by atoms with Crippen molar-refractivity contribution >= 4 is 203 Å². The van der Waals surface area contributed by atoms with Crippen LogP contribution < -0.4 is 0 Å². The molecule has 902 valence electrons. The van der Waals surface area contributed by atoms with Crippen LogP contribution in [0.25, 0.3) is 0 Å². The van der Waals surface area contributed by atoms with Gasteiger partial charge in [0, 0.05) is 36.3 Å². The first-order chi connectivity index (χ1) is 68.8. The van der Waals surface area contributed by atoms with E-state index in [2.05, 4.69) is 326 Å². The van der Waals surface area contributed by atoms with Crippen LogP contribution in [0.15, 0.2) is 0 Å². The summed E-state index contributed by atoms with van der Waals surface area (Å²) in [6.07, 6.45) is 40.1. The van der Waals surface area contributed by atoms with Gasteiger partial charge < -0.3 is 74.1 Å². The van der Waals surface area contributed by atoms with E-state index in [1.807, 2.05) is 0 Å². The summed E-state index contributed by atoms with van der Waals surface area (Å²) in [4.78, 5) is 0. The highest BCUT2D eigenvalue weighted by Gasteiger charge is 2.60. The second-order valence-corrected chi connectivity index (χ2v) is 154. The zero-order chi connectivity index (χ0) is 116. The fraction of sp³-hybridized carbons (Fsp3) is 1.00. The third-order valence-corrected chi connectivity index (χ3v) is 124. The molecule has 0 saturated heterocycles. The van der Waals surface area contributed by atoms with Crippen LogP contribution in [0.2, 0.25) is 375 Å². The van der Waals surface area contributed by atoms with Gasteiger partial charge >= 0.3 is 52.8 Å². The van der Waals surface area contributed by atoms with Gasteiger partial charge in [0.05, 0.1) is 0 Å². The molecule has 0 bridgehead atoms. The molecule has 0 aromatic carbocycles. The topological polar surface area (TPSA) is 166 Å². The molecule has 0 radical (unpaired) electrons. The normalized spacial score (nSPS) is 14.7. The maximum absolute atomic E-state index is 8.34. The van der Waals surface area contributed by atoms with E-state index in [1.54, 1.807) is 0 Å². The summed E-state index contributed by atoms with van der Waals surface area (Å²) in [5.41, 5.74) is 0. The van der Waals surface area contributed by atoms with Crippen LogP contribution in [0.3, 0.4) is 0 Å². The maximum Gasteiger partial charge on any atom is 0.469 e. The van der Waals surface area contributed by atoms with Crippen LogP contribution in [0, 0.1) is 0 Å². The molecule has 0 rings (SSSR count). The first-order valence-electron chi connectivity index (χ1n) is 63.4. The smallest absolute Gasteiger partial charge is 0.420 e. The van der Waals surface area contributed by atoms with Crippen molar-refractivity contribution < 1.29 is 74.1 Å². The molecule has 0 fully saturated rings. The Balaban J connectivity index is 8.64. The summed E-state index contributed by atoms with van der Waals surface area (Å²) in [7, 11) is -60.7. The summed E-state index contributed by atoms with van der Waals surface area (Å²) in [6, 6.07) is 23.6. The van der Waals surface area contributed by atoms with Gasteiger partial charge in [-0.3, -0.25) is 0 Å². The summed E-state index contributed by atoms with van der Waals surface area (Å²) >= 11 is 0. The number of rotatable bonds is 100. The van der Waals surface area contributed by atoms with E-state index in [1.165, 1.54) is 51.4 Å². The standard InChI is InChI=1S/C108H266O18Si24/c1-50-63-86-128(16,17)110-145(109-127(14)15,111-129(18,19)87-64-51-2)104-81-76-98-141(42,43)123-147(114-132(24,25)90-67-54-5,115-133(26,27)91-68-55-6)106-83-78-100-143(46,47)125-149(118-136(32,33)94-71-58-9,119-137(34,35)95-72-59-10)108-85-80-102-144(48,49)126-150(120-138(36,37)96-73-60-11,121-139(38,39)97-74-61-12)107-84-79-101-142(44,45)124-148(116-134(28,29)92-69-56-7,117-135(30,31)93-70-57-8)105-82-77-99-140(40,41)122-146(103-75-62-13,112-130(20,21)88-65-52-3)113-131(22,23)89-66-53-4/h127H,50-108H2,1-49H3. The van der Waals surface area contributed by atoms with Crippen molar-refractivity contribution in [1.82, 2.24) is 0 Å². The SMILES string of the molecule is CCCC[Si](C)(C)O[Si](CCCC[Si](C)(C)O[Si](CCCC[Si](C)(C)O[Si](CCCC[Si](C)(C)O[Si](CCCC[Si](C)(C)O[Si](CCCC[Si](C)(C)O[Si](CCCC)(O[Si](C)(C)CCCC)O[Si](C)(C)CCCC)(O[Si](C)(C)CCCC)O[Si](C)(C)CCCC)(O[Si](C)(C)CCCC)O[Si](C)(C)CCCC)(O[Si](C)(C)CCCC)O[Si](C)(C)CCCC)(O[Si](C)(C)CCCC)O[Si](C)(C)CCCC)(O[SiH](C)C)O[Si](C)(C)CCCC. The molecule has 150 heavy (non-hydrogen) atoms. The van der Waals surface area contributed by atoms with Gasteiger partial charge in [0.15, 0.2) is 150 Å². The predicted molar refractivity (Wildman–Crippen MR) is 721 cm³/mol. The summed E-state index contributed by atoms with van der Waals surface area (Å²) < 4.78 is 144. The Kier molecular flexibility index (Phi) is 74.3. The van der Waals surface area contributed by atoms with Gasteiger partial charge in [-0.2, -0.15) is 0 Å². The van der Waals surface area contributed by atoms with Crippen LogP contribution >= 0.6 is 0 Å². The molecule has 0 amide bonds. The quantitative estimate of drug-likeness (QED) is 0.0416. The predicted octanol–water partition coefficient (Wildman–Crippen LogP) is 41.7. The van der Waals surface area contributed by atoms with E-state index >= 15 is 0 Å². The van der Waals surface area contributed by atoms with Crippen molar-refractivity contribution in [3.63, 3.8) is 0 Å². The molecule has 0 aromatic rings. The molecule has 0 aliphatic rings. The van der Waals surface area contributed by atoms with E-state index < -0.39 is 203 Å². The number of unbranched alkanes of at least 4 members (excludes halogenated alkanes) is 18. The van der Waals surface area contributed by atoms with Crippen LogP contribution in [0.5, 0.6) is 0 Å². The zero-order valence-corrected chi connectivity index (χ0v) is 134. The van der Waals surface area contributed by atoms with Crippen LogP contribution in [-0.4, -0.2) is 203 Å². The largest absolute Gasteiger partial charge is 0.469 e. The minimum absolute atomic E-state index is 0.828. The van der Waals surface area contributed by atoms with Crippen molar-refractivity contribution in [2.75, 3.05) is 0 Å². The van der Waals surface area contributed by atoms with Crippen molar-refractivity contribution in [2.24, 2.45) is 0 Å². The van der Waals surface area contributed by atoms with Gasteiger partial charge in [0.2, 0.25) is 0 Å². The molecule has 0 saturated carbocycles. The van der Waals surface area contributed by atoms with Crippen LogP contribution in [-0.2, 0) is 74.1 Å². The highest BCUT2D eigenvalue weighted by Crippen LogP contribution is 2.46. The lowest BCUT2D eigenvalue weighted by atomic mass is 10.4. The Labute approximate surface area is 964 Å². The monoisotopic (exact) mass is 2520 g/mol. The third-order valence-electron chi connectivity index (χ3n) is 29.7. The molecule has 0 heterocycles. The van der Waals surface area contributed by atoms with Gasteiger partial charge in [0.25, 0.3) is 0 Å². The van der Waals surface area contributed by atoms with Crippen molar-refractivity contribution in [2.45, 2.75) is 696 Å². The Hall–Kier alpha value is 4.49. The number of hydrogen-bond acceptors (Lipinski definition) is 18. The lowest BCUT2D eigenvalue weighted by molar-refractivity contribution is 0.238. The Morgan fingerprint density at radius 1 is 0.107 bits per heavy atom. The fourth-order valence-electron chi connectivity index (χ4n) is 21.8. The van der Waals surface area contributed by atoms with E-state index in [4.69, 9.17) is 74.1 Å². The van der Waals surface area contributed by atoms with E-state index in [0.717, 1.165) is 319 Å². The molecule has 0 spiro atoms. The molecule has 0 aromatic heterocycles. The molecule has 18 nitrogen and oxygen atoms in total. The minimum Gasteiger partial charge on any atom is -0.420 e. The zero-order valence-electron chi connectivity index (χ0n) is 110. The molecule has 0 N–H and O–H groups in total. The van der Waals surface area contributed by atoms with Crippen LogP contribution in [0.1, 0.15) is 321 Å². The van der Waals surface area contributed by atoms with Crippen LogP contribution in [0.4, 0.5) is 0 Å². The van der Waals surface area contributed by atoms with E-state index in [-0.39, 0.29) is 0 Å². The molecular formula is C108H266O18Si24. The number of hydrogen-bond donors (Lipinski definition) is 0. The molecule has 42 heteroatoms. The average Bonchev–Trinajstić information content (AvgIpc) is 0.812. The van der Waals surface area contributed by atoms with Crippen molar-refractivity contribution in [1.29, 1.82) is 0 Å². The molecular weight excluding hydrogens is 2260 g/mol. The lowest BCUT2D eigenvalue weighted by Crippen LogP contribution is -2.62. The first-order valence-corrected chi connectivity index (χ1v) is 131. The summed E-state index contributed by atoms with van der Waals surface area (Å²) in [6.45, 7) is 119. The second kappa shape index (κ2) is 72.1. The lowest BCUT2D eigenvalue weighted by Gasteiger charge is -2.46. The molecule has 0 aliphatic carbocycles. The Morgan fingerprint density at radius 3 is 0.280 bits per heavy atom. The van der Waals surface area contributed by atoms with Gasteiger partial charge in [-0.25, -0.2) is 0 Å². The Morgan fingerprint density at radius 2 is 0.180 bits per heavy atom. The molecule has 0 unspecified atom stereocenters. The van der Waals surface area contributed by atoms with Gasteiger partial charge in [-0.05, 0) is 377 Å². The van der Waals surface area contributed by atoms with Gasteiger partial charge in [-0.1, -0.05) is 283 Å². The minimum atomic E-state index is -3.42. The summed E-state index contributed by atoms with van der Waals surface area (Å²) in [5, 5.41) is 0. The van der Waals surface area contributed by atoms with Gasteiger partial charge in [0.1, 0.15) is 0 Å². The first kappa shape index (κ1) is 154. The van der Waals surface area contributed by atoms with E-state index in [0.29, 0.717) is 0 Å². The third kappa shape index (κ3) is 71.3. The van der Waals surface area contributed by atoms with Gasteiger partial charge in [-0.15, -0.1) is 0 Å². The van der Waals surface area contributed by atoms with Crippen molar-refractivity contribution in [3.05, 3.63) is 0 Å².